The number of rotatable bonds is 7. The lowest BCUT2D eigenvalue weighted by atomic mass is 10.2. The van der Waals surface area contributed by atoms with E-state index in [1.165, 1.54) is 56.3 Å². The molecule has 0 aliphatic carbocycles. The molecule has 1 N–H and O–H groups in total. The minimum absolute atomic E-state index is 0.0586. The van der Waals surface area contributed by atoms with Crippen molar-refractivity contribution in [2.75, 3.05) is 11.3 Å². The Morgan fingerprint density at radius 1 is 0.968 bits per heavy atom. The molecule has 0 bridgehead atoms. The Morgan fingerprint density at radius 2 is 1.58 bits per heavy atom. The van der Waals surface area contributed by atoms with Crippen LogP contribution in [0.1, 0.15) is 28.7 Å². The van der Waals surface area contributed by atoms with Gasteiger partial charge in [-0.2, -0.15) is 0 Å². The highest BCUT2D eigenvalue weighted by atomic mass is 32.2. The summed E-state index contributed by atoms with van der Waals surface area (Å²) in [5.74, 6) is -0.508. The highest BCUT2D eigenvalue weighted by Gasteiger charge is 2.28. The Kier molecular flexibility index (Phi) is 6.23. The predicted molar refractivity (Wildman–Crippen MR) is 116 cm³/mol. The maximum absolute atomic E-state index is 13.0. The molecular weight excluding hydrogens is 440 g/mol. The van der Waals surface area contributed by atoms with E-state index in [4.69, 9.17) is 4.74 Å². The molecule has 0 aliphatic rings. The van der Waals surface area contributed by atoms with Crippen LogP contribution in [0.5, 0.6) is 0 Å². The van der Waals surface area contributed by atoms with E-state index in [1.54, 1.807) is 25.1 Å². The summed E-state index contributed by atoms with van der Waals surface area (Å²) < 4.78 is 60.3. The molecule has 0 aliphatic heterocycles. The monoisotopic (exact) mass is 462 g/mol. The Bertz CT molecular complexity index is 1310. The number of sulfonamides is 1. The van der Waals surface area contributed by atoms with E-state index in [0.29, 0.717) is 0 Å². The fraction of sp³-hybridized carbons (Fsp3) is 0.190. The van der Waals surface area contributed by atoms with Gasteiger partial charge in [-0.3, -0.25) is 4.72 Å². The molecule has 8 nitrogen and oxygen atoms in total. The SMILES string of the molecule is CCOC(=O)c1ccc(NS(=O)(=O)c2cc(C)n(S(=O)(=O)c3ccccc3)c2C)cc1. The van der Waals surface area contributed by atoms with Crippen LogP contribution < -0.4 is 4.72 Å². The lowest BCUT2D eigenvalue weighted by molar-refractivity contribution is 0.0526. The molecule has 10 heteroatoms. The smallest absolute Gasteiger partial charge is 0.338 e. The van der Waals surface area contributed by atoms with Gasteiger partial charge >= 0.3 is 5.97 Å². The first-order chi connectivity index (χ1) is 14.6. The summed E-state index contributed by atoms with van der Waals surface area (Å²) >= 11 is 0. The Balaban J connectivity index is 1.95. The largest absolute Gasteiger partial charge is 0.462 e. The number of aromatic nitrogens is 1. The van der Waals surface area contributed by atoms with Crippen molar-refractivity contribution < 1.29 is 26.4 Å². The first-order valence-corrected chi connectivity index (χ1v) is 12.3. The fourth-order valence-corrected chi connectivity index (χ4v) is 6.18. The molecule has 0 atom stereocenters. The quantitative estimate of drug-likeness (QED) is 0.539. The highest BCUT2D eigenvalue weighted by Crippen LogP contribution is 2.27. The molecule has 0 unspecified atom stereocenters. The summed E-state index contributed by atoms with van der Waals surface area (Å²) in [5, 5.41) is 0. The van der Waals surface area contributed by atoms with E-state index in [0.717, 1.165) is 3.97 Å². The molecule has 0 saturated heterocycles. The van der Waals surface area contributed by atoms with Crippen molar-refractivity contribution in [2.24, 2.45) is 0 Å². The third kappa shape index (κ3) is 4.49. The highest BCUT2D eigenvalue weighted by molar-refractivity contribution is 7.93. The molecule has 0 radical (unpaired) electrons. The van der Waals surface area contributed by atoms with E-state index in [2.05, 4.69) is 4.72 Å². The van der Waals surface area contributed by atoms with Gasteiger partial charge in [-0.15, -0.1) is 0 Å². The normalized spacial score (nSPS) is 11.8. The first kappa shape index (κ1) is 22.6. The van der Waals surface area contributed by atoms with Gasteiger partial charge in [0.05, 0.1) is 22.8 Å². The van der Waals surface area contributed by atoms with Crippen molar-refractivity contribution in [3.05, 3.63) is 77.6 Å². The molecule has 0 spiro atoms. The molecule has 0 amide bonds. The molecule has 3 rings (SSSR count). The maximum atomic E-state index is 13.0. The molecule has 1 aromatic heterocycles. The van der Waals surface area contributed by atoms with Crippen LogP contribution in [0.3, 0.4) is 0 Å². The van der Waals surface area contributed by atoms with Crippen LogP contribution >= 0.6 is 0 Å². The second-order valence-corrected chi connectivity index (χ2v) is 10.2. The van der Waals surface area contributed by atoms with Crippen LogP contribution in [0.4, 0.5) is 5.69 Å². The summed E-state index contributed by atoms with van der Waals surface area (Å²) in [7, 11) is -8.04. The van der Waals surface area contributed by atoms with E-state index >= 15 is 0 Å². The summed E-state index contributed by atoms with van der Waals surface area (Å²) in [4.78, 5) is 11.6. The third-order valence-corrected chi connectivity index (χ3v) is 7.95. The van der Waals surface area contributed by atoms with Crippen LogP contribution in [-0.4, -0.2) is 33.4 Å². The van der Waals surface area contributed by atoms with E-state index in [-0.39, 0.29) is 39.0 Å². The predicted octanol–water partition coefficient (Wildman–Crippen LogP) is 3.32. The number of esters is 1. The zero-order valence-corrected chi connectivity index (χ0v) is 18.8. The van der Waals surface area contributed by atoms with Gasteiger partial charge in [0.1, 0.15) is 4.90 Å². The summed E-state index contributed by atoms with van der Waals surface area (Å²) in [6, 6.07) is 14.9. The molecule has 1 heterocycles. The Labute approximate surface area is 181 Å². The number of anilines is 1. The Hall–Kier alpha value is -3.11. The average molecular weight is 463 g/mol. The van der Waals surface area contributed by atoms with Gasteiger partial charge in [-0.25, -0.2) is 25.6 Å². The van der Waals surface area contributed by atoms with Gasteiger partial charge in [0.25, 0.3) is 20.0 Å². The maximum Gasteiger partial charge on any atom is 0.338 e. The number of benzene rings is 2. The van der Waals surface area contributed by atoms with Gasteiger partial charge in [-0.05, 0) is 63.2 Å². The van der Waals surface area contributed by atoms with E-state index in [1.807, 2.05) is 0 Å². The molecule has 3 aromatic rings. The third-order valence-electron chi connectivity index (χ3n) is 4.54. The number of nitrogens with one attached hydrogen (secondary N) is 1. The van der Waals surface area contributed by atoms with Crippen LogP contribution in [0.2, 0.25) is 0 Å². The summed E-state index contributed by atoms with van der Waals surface area (Å²) in [6.07, 6.45) is 0. The number of hydrogen-bond donors (Lipinski definition) is 1. The lowest BCUT2D eigenvalue weighted by Crippen LogP contribution is -2.18. The zero-order chi connectivity index (χ0) is 22.8. The molecule has 164 valence electrons. The minimum Gasteiger partial charge on any atom is -0.462 e. The van der Waals surface area contributed by atoms with Crippen LogP contribution in [0.25, 0.3) is 0 Å². The van der Waals surface area contributed by atoms with Gasteiger partial charge in [-0.1, -0.05) is 18.2 Å². The second kappa shape index (κ2) is 8.56. The summed E-state index contributed by atoms with van der Waals surface area (Å²) in [6.45, 7) is 4.89. The van der Waals surface area contributed by atoms with Gasteiger partial charge < -0.3 is 4.74 Å². The fourth-order valence-electron chi connectivity index (χ4n) is 3.16. The van der Waals surface area contributed by atoms with Crippen molar-refractivity contribution in [3.63, 3.8) is 0 Å². The summed E-state index contributed by atoms with van der Waals surface area (Å²) in [5.41, 5.74) is 0.845. The second-order valence-electron chi connectivity index (χ2n) is 6.72. The molecular formula is C21H22N2O6S2. The lowest BCUT2D eigenvalue weighted by Gasteiger charge is -2.12. The zero-order valence-electron chi connectivity index (χ0n) is 17.2. The van der Waals surface area contributed by atoms with Crippen molar-refractivity contribution in [3.8, 4) is 0 Å². The van der Waals surface area contributed by atoms with Gasteiger partial charge in [0.2, 0.25) is 0 Å². The standard InChI is InChI=1S/C21H22N2O6S2/c1-4-29-21(24)17-10-12-18(13-11-17)22-30(25,26)20-14-15(2)23(16(20)3)31(27,28)19-8-6-5-7-9-19/h5-14,22H,4H2,1-3H3. The van der Waals surface area contributed by atoms with Crippen molar-refractivity contribution in [2.45, 2.75) is 30.6 Å². The van der Waals surface area contributed by atoms with Crippen LogP contribution in [0.15, 0.2) is 70.5 Å². The number of hydrogen-bond acceptors (Lipinski definition) is 6. The average Bonchev–Trinajstić information content (AvgIpc) is 3.04. The van der Waals surface area contributed by atoms with E-state index in [9.17, 15) is 21.6 Å². The van der Waals surface area contributed by atoms with Crippen molar-refractivity contribution in [1.82, 2.24) is 3.97 Å². The molecule has 0 saturated carbocycles. The minimum atomic E-state index is -4.08. The number of aryl methyl sites for hydroxylation is 1. The number of carbonyl (C=O) groups excluding carboxylic acids is 1. The first-order valence-electron chi connectivity index (χ1n) is 9.37. The van der Waals surface area contributed by atoms with Crippen LogP contribution in [0, 0.1) is 13.8 Å². The van der Waals surface area contributed by atoms with Gasteiger partial charge in [0.15, 0.2) is 0 Å². The topological polar surface area (TPSA) is 112 Å². The molecule has 2 aromatic carbocycles. The molecule has 0 fully saturated rings. The Morgan fingerprint density at radius 3 is 2.16 bits per heavy atom. The van der Waals surface area contributed by atoms with Crippen molar-refractivity contribution >= 4 is 31.7 Å². The molecule has 31 heavy (non-hydrogen) atoms. The number of ether oxygens (including phenoxy) is 1. The van der Waals surface area contributed by atoms with Crippen molar-refractivity contribution in [1.29, 1.82) is 0 Å². The van der Waals surface area contributed by atoms with Gasteiger partial charge in [0, 0.05) is 11.4 Å². The van der Waals surface area contributed by atoms with Crippen LogP contribution in [-0.2, 0) is 24.8 Å². The van der Waals surface area contributed by atoms with E-state index < -0.39 is 26.0 Å². The number of carbonyl (C=O) groups is 1. The number of nitrogens with zero attached hydrogens (tertiary/aromatic N) is 1.